The molecule has 5 nitrogen and oxygen atoms in total. The van der Waals surface area contributed by atoms with Crippen molar-refractivity contribution in [2.45, 2.75) is 0 Å². The molecular formula is C14H10BrN5. The Balaban J connectivity index is 1.86. The van der Waals surface area contributed by atoms with E-state index < -0.39 is 0 Å². The zero-order chi connectivity index (χ0) is 13.8. The van der Waals surface area contributed by atoms with Gasteiger partial charge in [-0.2, -0.15) is 0 Å². The topological polar surface area (TPSA) is 63.6 Å². The van der Waals surface area contributed by atoms with Gasteiger partial charge in [-0.1, -0.05) is 6.07 Å². The number of hydrogen-bond donors (Lipinski definition) is 1. The lowest BCUT2D eigenvalue weighted by atomic mass is 10.3. The summed E-state index contributed by atoms with van der Waals surface area (Å²) in [4.78, 5) is 17.1. The minimum atomic E-state index is 0.628. The van der Waals surface area contributed by atoms with Gasteiger partial charge in [0.05, 0.1) is 18.1 Å². The first-order valence-corrected chi connectivity index (χ1v) is 6.72. The number of anilines is 2. The van der Waals surface area contributed by atoms with Crippen molar-refractivity contribution in [1.82, 2.24) is 19.9 Å². The third-order valence-electron chi connectivity index (χ3n) is 2.55. The van der Waals surface area contributed by atoms with Crippen LogP contribution in [0.1, 0.15) is 0 Å². The summed E-state index contributed by atoms with van der Waals surface area (Å²) in [5, 5.41) is 3.11. The molecule has 0 radical (unpaired) electrons. The maximum absolute atomic E-state index is 4.47. The van der Waals surface area contributed by atoms with Crippen molar-refractivity contribution in [3.05, 3.63) is 59.6 Å². The highest BCUT2D eigenvalue weighted by molar-refractivity contribution is 9.10. The molecule has 0 spiro atoms. The number of nitrogens with one attached hydrogen (secondary N) is 1. The number of nitrogens with zero attached hydrogens (tertiary/aromatic N) is 4. The highest BCUT2D eigenvalue weighted by atomic mass is 79.9. The van der Waals surface area contributed by atoms with Crippen molar-refractivity contribution < 1.29 is 0 Å². The molecule has 0 atom stereocenters. The summed E-state index contributed by atoms with van der Waals surface area (Å²) in [5.74, 6) is 1.34. The van der Waals surface area contributed by atoms with Gasteiger partial charge < -0.3 is 5.32 Å². The first kappa shape index (κ1) is 12.7. The van der Waals surface area contributed by atoms with Crippen molar-refractivity contribution in [2.75, 3.05) is 5.32 Å². The van der Waals surface area contributed by atoms with Crippen LogP contribution in [0.15, 0.2) is 59.6 Å². The van der Waals surface area contributed by atoms with Crippen molar-refractivity contribution >= 4 is 27.6 Å². The van der Waals surface area contributed by atoms with Gasteiger partial charge in [0, 0.05) is 16.9 Å². The summed E-state index contributed by atoms with van der Waals surface area (Å²) in [5.41, 5.74) is 1.50. The van der Waals surface area contributed by atoms with Crippen LogP contribution in [0.4, 0.5) is 11.6 Å². The summed E-state index contributed by atoms with van der Waals surface area (Å²) >= 11 is 3.35. The summed E-state index contributed by atoms with van der Waals surface area (Å²) in [7, 11) is 0. The monoisotopic (exact) mass is 327 g/mol. The molecule has 3 aromatic rings. The molecule has 6 heteroatoms. The molecular weight excluding hydrogens is 318 g/mol. The molecule has 0 unspecified atom stereocenters. The second-order valence-corrected chi connectivity index (χ2v) is 4.91. The van der Waals surface area contributed by atoms with E-state index in [2.05, 4.69) is 41.2 Å². The van der Waals surface area contributed by atoms with Gasteiger partial charge >= 0.3 is 0 Å². The number of hydrogen-bond acceptors (Lipinski definition) is 5. The van der Waals surface area contributed by atoms with Gasteiger partial charge in [0.2, 0.25) is 0 Å². The largest absolute Gasteiger partial charge is 0.324 e. The SMILES string of the molecule is Brc1ccc(Nc2cncc(-c3ccccn3)n2)nc1. The first-order valence-electron chi connectivity index (χ1n) is 5.93. The zero-order valence-corrected chi connectivity index (χ0v) is 11.9. The van der Waals surface area contributed by atoms with E-state index in [0.717, 1.165) is 10.2 Å². The molecule has 1 N–H and O–H groups in total. The van der Waals surface area contributed by atoms with Crippen LogP contribution in [0.3, 0.4) is 0 Å². The molecule has 0 saturated heterocycles. The number of halogens is 1. The van der Waals surface area contributed by atoms with Crippen LogP contribution in [0.25, 0.3) is 11.4 Å². The quantitative estimate of drug-likeness (QED) is 0.798. The summed E-state index contributed by atoms with van der Waals surface area (Å²) in [6, 6.07) is 9.45. The fourth-order valence-electron chi connectivity index (χ4n) is 1.64. The number of aromatic nitrogens is 4. The first-order chi connectivity index (χ1) is 9.81. The zero-order valence-electron chi connectivity index (χ0n) is 10.4. The predicted molar refractivity (Wildman–Crippen MR) is 80.5 cm³/mol. The van der Waals surface area contributed by atoms with E-state index in [4.69, 9.17) is 0 Å². The average Bonchev–Trinajstić information content (AvgIpc) is 2.51. The van der Waals surface area contributed by atoms with Crippen LogP contribution in [-0.4, -0.2) is 19.9 Å². The van der Waals surface area contributed by atoms with Gasteiger partial charge in [0.15, 0.2) is 5.82 Å². The molecule has 0 saturated carbocycles. The third-order valence-corrected chi connectivity index (χ3v) is 3.01. The Kier molecular flexibility index (Phi) is 3.64. The highest BCUT2D eigenvalue weighted by Gasteiger charge is 2.03. The lowest BCUT2D eigenvalue weighted by molar-refractivity contribution is 1.16. The van der Waals surface area contributed by atoms with Gasteiger partial charge in [0.25, 0.3) is 0 Å². The second kappa shape index (κ2) is 5.75. The summed E-state index contributed by atoms with van der Waals surface area (Å²) in [6.45, 7) is 0. The van der Waals surface area contributed by atoms with Crippen molar-refractivity contribution in [3.8, 4) is 11.4 Å². The van der Waals surface area contributed by atoms with Crippen molar-refractivity contribution in [2.24, 2.45) is 0 Å². The minimum Gasteiger partial charge on any atom is -0.324 e. The van der Waals surface area contributed by atoms with E-state index in [-0.39, 0.29) is 0 Å². The Morgan fingerprint density at radius 2 is 1.80 bits per heavy atom. The van der Waals surface area contributed by atoms with E-state index in [1.807, 2.05) is 30.3 Å². The Hall–Kier alpha value is -2.34. The minimum absolute atomic E-state index is 0.628. The standard InChI is InChI=1S/C14H10BrN5/c15-10-4-5-13(18-7-10)20-14-9-16-8-12(19-14)11-3-1-2-6-17-11/h1-9H,(H,18,19,20). The number of pyridine rings is 2. The van der Waals surface area contributed by atoms with Crippen LogP contribution < -0.4 is 5.32 Å². The molecule has 0 amide bonds. The molecule has 0 aliphatic rings. The van der Waals surface area contributed by atoms with Crippen molar-refractivity contribution in [1.29, 1.82) is 0 Å². The third kappa shape index (κ3) is 2.97. The van der Waals surface area contributed by atoms with Crippen LogP contribution in [0, 0.1) is 0 Å². The molecule has 0 bridgehead atoms. The highest BCUT2D eigenvalue weighted by Crippen LogP contribution is 2.17. The smallest absolute Gasteiger partial charge is 0.150 e. The summed E-state index contributed by atoms with van der Waals surface area (Å²) < 4.78 is 0.927. The molecule has 3 aromatic heterocycles. The number of rotatable bonds is 3. The fraction of sp³-hybridized carbons (Fsp3) is 0. The molecule has 0 fully saturated rings. The van der Waals surface area contributed by atoms with Gasteiger partial charge in [-0.3, -0.25) is 9.97 Å². The van der Waals surface area contributed by atoms with Crippen molar-refractivity contribution in [3.63, 3.8) is 0 Å². The lowest BCUT2D eigenvalue weighted by Gasteiger charge is -2.06. The van der Waals surface area contributed by atoms with Crippen LogP contribution in [-0.2, 0) is 0 Å². The average molecular weight is 328 g/mol. The Bertz CT molecular complexity index is 700. The summed E-state index contributed by atoms with van der Waals surface area (Å²) in [6.07, 6.45) is 6.78. The molecule has 0 aliphatic carbocycles. The van der Waals surface area contributed by atoms with E-state index in [0.29, 0.717) is 17.3 Å². The van der Waals surface area contributed by atoms with Gasteiger partial charge in [-0.15, -0.1) is 0 Å². The lowest BCUT2D eigenvalue weighted by Crippen LogP contribution is -1.98. The van der Waals surface area contributed by atoms with E-state index >= 15 is 0 Å². The second-order valence-electron chi connectivity index (χ2n) is 3.99. The van der Waals surface area contributed by atoms with Crippen LogP contribution in [0.5, 0.6) is 0 Å². The normalized spacial score (nSPS) is 10.2. The van der Waals surface area contributed by atoms with Gasteiger partial charge in [-0.05, 0) is 40.2 Å². The molecule has 20 heavy (non-hydrogen) atoms. The predicted octanol–water partition coefficient (Wildman–Crippen LogP) is 3.44. The Morgan fingerprint density at radius 1 is 0.850 bits per heavy atom. The molecule has 98 valence electrons. The maximum atomic E-state index is 4.47. The van der Waals surface area contributed by atoms with Gasteiger partial charge in [-0.25, -0.2) is 9.97 Å². The molecule has 3 rings (SSSR count). The van der Waals surface area contributed by atoms with E-state index in [1.165, 1.54) is 0 Å². The van der Waals surface area contributed by atoms with Crippen LogP contribution in [0.2, 0.25) is 0 Å². The van der Waals surface area contributed by atoms with Crippen LogP contribution >= 0.6 is 15.9 Å². The molecule has 3 heterocycles. The van der Waals surface area contributed by atoms with Gasteiger partial charge in [0.1, 0.15) is 11.5 Å². The van der Waals surface area contributed by atoms with E-state index in [1.54, 1.807) is 24.8 Å². The van der Waals surface area contributed by atoms with E-state index in [9.17, 15) is 0 Å². The Morgan fingerprint density at radius 3 is 2.55 bits per heavy atom. The Labute approximate surface area is 124 Å². The molecule has 0 aliphatic heterocycles. The molecule has 0 aromatic carbocycles. The maximum Gasteiger partial charge on any atom is 0.150 e. The fourth-order valence-corrected chi connectivity index (χ4v) is 1.88.